The van der Waals surface area contributed by atoms with Crippen LogP contribution < -0.4 is 10.1 Å². The predicted molar refractivity (Wildman–Crippen MR) is 114 cm³/mol. The molecule has 0 unspecified atom stereocenters. The van der Waals surface area contributed by atoms with Crippen molar-refractivity contribution >= 4 is 12.4 Å². The first-order valence-corrected chi connectivity index (χ1v) is 10.7. The van der Waals surface area contributed by atoms with Gasteiger partial charge in [-0.1, -0.05) is 36.4 Å². The van der Waals surface area contributed by atoms with Gasteiger partial charge in [0.2, 0.25) is 0 Å². The second-order valence-corrected chi connectivity index (χ2v) is 8.61. The van der Waals surface area contributed by atoms with Gasteiger partial charge in [0.1, 0.15) is 24.7 Å². The number of hydrogen-bond acceptors (Lipinski definition) is 5. The zero-order valence-corrected chi connectivity index (χ0v) is 17.4. The summed E-state index contributed by atoms with van der Waals surface area (Å²) < 4.78 is 11.4. The third kappa shape index (κ3) is 5.05. The third-order valence-corrected chi connectivity index (χ3v) is 6.23. The number of benzene rings is 2. The minimum Gasteiger partial charge on any atom is -0.489 e. The Kier molecular flexibility index (Phi) is 6.22. The lowest BCUT2D eigenvalue weighted by Crippen LogP contribution is -2.58. The molecular formula is C25H26N2O4. The van der Waals surface area contributed by atoms with Crippen LogP contribution in [-0.4, -0.2) is 24.5 Å². The van der Waals surface area contributed by atoms with E-state index in [1.165, 1.54) is 0 Å². The Morgan fingerprint density at radius 2 is 1.90 bits per heavy atom. The van der Waals surface area contributed by atoms with E-state index in [0.29, 0.717) is 24.2 Å². The molecule has 0 radical (unpaired) electrons. The van der Waals surface area contributed by atoms with Gasteiger partial charge in [0.15, 0.2) is 0 Å². The lowest BCUT2D eigenvalue weighted by Gasteiger charge is -2.57. The van der Waals surface area contributed by atoms with E-state index in [0.717, 1.165) is 43.1 Å². The Morgan fingerprint density at radius 1 is 1.13 bits per heavy atom. The molecule has 2 aromatic rings. The molecule has 2 saturated carbocycles. The van der Waals surface area contributed by atoms with E-state index >= 15 is 0 Å². The van der Waals surface area contributed by atoms with E-state index in [4.69, 9.17) is 9.47 Å². The van der Waals surface area contributed by atoms with Crippen molar-refractivity contribution in [3.05, 3.63) is 65.2 Å². The molecule has 0 atom stereocenters. The molecule has 2 fully saturated rings. The average molecular weight is 418 g/mol. The van der Waals surface area contributed by atoms with Crippen LogP contribution in [0.5, 0.6) is 5.75 Å². The monoisotopic (exact) mass is 418 g/mol. The molecule has 6 nitrogen and oxygen atoms in total. The standard InChI is InChI=1S/C25H26N2O4/c26-16-20-9-8-18(7-4-10-28)11-23(20)31-22-14-25(15-22)12-21(13-25)27-24(29)30-17-19-5-2-1-3-6-19/h1-3,5-6,8-11,21-22H,4,7,12-15,17H2,(H,27,29). The van der Waals surface area contributed by atoms with E-state index < -0.39 is 0 Å². The fraction of sp³-hybridized carbons (Fsp3) is 0.400. The first-order valence-electron chi connectivity index (χ1n) is 10.7. The van der Waals surface area contributed by atoms with Crippen LogP contribution in [0, 0.1) is 16.7 Å². The number of alkyl carbamates (subject to hydrolysis) is 1. The van der Waals surface area contributed by atoms with E-state index in [1.54, 1.807) is 6.07 Å². The van der Waals surface area contributed by atoms with Crippen LogP contribution in [0.2, 0.25) is 0 Å². The summed E-state index contributed by atoms with van der Waals surface area (Å²) in [6, 6.07) is 17.4. The minimum atomic E-state index is -0.373. The van der Waals surface area contributed by atoms with E-state index in [9.17, 15) is 14.9 Å². The molecule has 0 aliphatic heterocycles. The molecule has 0 heterocycles. The fourth-order valence-corrected chi connectivity index (χ4v) is 4.66. The second kappa shape index (κ2) is 9.22. The minimum absolute atomic E-state index is 0.0828. The largest absolute Gasteiger partial charge is 0.489 e. The number of aryl methyl sites for hydroxylation is 1. The van der Waals surface area contributed by atoms with E-state index in [2.05, 4.69) is 11.4 Å². The van der Waals surface area contributed by atoms with Gasteiger partial charge in [0, 0.05) is 12.5 Å². The van der Waals surface area contributed by atoms with E-state index in [1.807, 2.05) is 42.5 Å². The summed E-state index contributed by atoms with van der Waals surface area (Å²) in [6.07, 6.45) is 5.42. The quantitative estimate of drug-likeness (QED) is 0.646. The highest BCUT2D eigenvalue weighted by Gasteiger charge is 2.54. The summed E-state index contributed by atoms with van der Waals surface area (Å²) in [5, 5.41) is 12.3. The number of rotatable bonds is 8. The molecule has 2 aliphatic carbocycles. The number of ether oxygens (including phenoxy) is 2. The number of nitriles is 1. The molecule has 0 bridgehead atoms. The van der Waals surface area contributed by atoms with Gasteiger partial charge in [-0.15, -0.1) is 0 Å². The van der Waals surface area contributed by atoms with Crippen molar-refractivity contribution in [1.82, 2.24) is 5.32 Å². The smallest absolute Gasteiger partial charge is 0.407 e. The zero-order valence-electron chi connectivity index (χ0n) is 17.4. The lowest BCUT2D eigenvalue weighted by molar-refractivity contribution is -0.107. The average Bonchev–Trinajstić information content (AvgIpc) is 2.74. The molecule has 2 aliphatic rings. The highest BCUT2D eigenvalue weighted by Crippen LogP contribution is 2.56. The van der Waals surface area contributed by atoms with Gasteiger partial charge in [-0.3, -0.25) is 0 Å². The number of nitrogens with zero attached hydrogens (tertiary/aromatic N) is 1. The maximum Gasteiger partial charge on any atom is 0.407 e. The molecule has 0 aromatic heterocycles. The molecule has 6 heteroatoms. The van der Waals surface area contributed by atoms with Gasteiger partial charge in [0.05, 0.1) is 11.7 Å². The summed E-state index contributed by atoms with van der Waals surface area (Å²) in [5.41, 5.74) is 2.71. The lowest BCUT2D eigenvalue weighted by atomic mass is 9.53. The molecule has 31 heavy (non-hydrogen) atoms. The fourth-order valence-electron chi connectivity index (χ4n) is 4.66. The zero-order chi connectivity index (χ0) is 21.7. The van der Waals surface area contributed by atoms with Crippen LogP contribution in [0.3, 0.4) is 0 Å². The van der Waals surface area contributed by atoms with E-state index in [-0.39, 0.29) is 30.3 Å². The summed E-state index contributed by atoms with van der Waals surface area (Å²) in [4.78, 5) is 22.6. The number of carbonyl (C=O) groups is 2. The Bertz CT molecular complexity index is 969. The van der Waals surface area contributed by atoms with Gasteiger partial charge in [-0.25, -0.2) is 4.79 Å². The van der Waals surface area contributed by atoms with Crippen molar-refractivity contribution in [3.8, 4) is 11.8 Å². The van der Waals surface area contributed by atoms with Gasteiger partial charge in [-0.2, -0.15) is 5.26 Å². The van der Waals surface area contributed by atoms with Crippen molar-refractivity contribution in [2.45, 2.75) is 57.3 Å². The number of amides is 1. The number of nitrogens with one attached hydrogen (secondary N) is 1. The summed E-state index contributed by atoms with van der Waals surface area (Å²) >= 11 is 0. The molecule has 1 N–H and O–H groups in total. The first-order chi connectivity index (χ1) is 15.1. The van der Waals surface area contributed by atoms with Gasteiger partial charge >= 0.3 is 6.09 Å². The number of aldehydes is 1. The predicted octanol–water partition coefficient (Wildman–Crippen LogP) is 4.31. The van der Waals surface area contributed by atoms with Crippen molar-refractivity contribution in [3.63, 3.8) is 0 Å². The van der Waals surface area contributed by atoms with Gasteiger partial charge in [-0.05, 0) is 60.8 Å². The van der Waals surface area contributed by atoms with Gasteiger partial charge < -0.3 is 19.6 Å². The van der Waals surface area contributed by atoms with Crippen molar-refractivity contribution in [1.29, 1.82) is 5.26 Å². The SMILES string of the molecule is N#Cc1ccc(CCC=O)cc1OC1CC2(CC(NC(=O)OCc3ccccc3)C2)C1. The van der Waals surface area contributed by atoms with Crippen molar-refractivity contribution in [2.24, 2.45) is 5.41 Å². The molecule has 1 spiro atoms. The first kappa shape index (κ1) is 20.9. The van der Waals surface area contributed by atoms with Crippen LogP contribution in [-0.2, 0) is 22.6 Å². The number of hydrogen-bond donors (Lipinski definition) is 1. The Balaban J connectivity index is 1.20. The van der Waals surface area contributed by atoms with Crippen LogP contribution in [0.15, 0.2) is 48.5 Å². The van der Waals surface area contributed by atoms with Crippen LogP contribution in [0.1, 0.15) is 48.8 Å². The summed E-state index contributed by atoms with van der Waals surface area (Å²) in [5.74, 6) is 0.601. The van der Waals surface area contributed by atoms with Gasteiger partial charge in [0.25, 0.3) is 0 Å². The highest BCUT2D eigenvalue weighted by molar-refractivity contribution is 5.67. The van der Waals surface area contributed by atoms with Crippen molar-refractivity contribution in [2.75, 3.05) is 0 Å². The van der Waals surface area contributed by atoms with Crippen LogP contribution in [0.4, 0.5) is 4.79 Å². The molecule has 2 aromatic carbocycles. The molecule has 0 saturated heterocycles. The Hall–Kier alpha value is -3.33. The van der Waals surface area contributed by atoms with Crippen LogP contribution in [0.25, 0.3) is 0 Å². The van der Waals surface area contributed by atoms with Crippen LogP contribution >= 0.6 is 0 Å². The molecule has 160 valence electrons. The third-order valence-electron chi connectivity index (χ3n) is 6.23. The Labute approximate surface area is 182 Å². The van der Waals surface area contributed by atoms with Crippen molar-refractivity contribution < 1.29 is 19.1 Å². The maximum atomic E-state index is 12.0. The number of carbonyl (C=O) groups excluding carboxylic acids is 2. The highest BCUT2D eigenvalue weighted by atomic mass is 16.5. The normalized spacial score (nSPS) is 23.7. The molecular weight excluding hydrogens is 392 g/mol. The summed E-state index contributed by atoms with van der Waals surface area (Å²) in [6.45, 7) is 0.271. The second-order valence-electron chi connectivity index (χ2n) is 8.61. The molecule has 4 rings (SSSR count). The topological polar surface area (TPSA) is 88.4 Å². The Morgan fingerprint density at radius 3 is 2.61 bits per heavy atom. The maximum absolute atomic E-state index is 12.0. The summed E-state index contributed by atoms with van der Waals surface area (Å²) in [7, 11) is 0. The molecule has 1 amide bonds.